The molecule has 0 spiro atoms. The molecule has 0 saturated heterocycles. The topological polar surface area (TPSA) is 69.6 Å². The molecule has 0 bridgehead atoms. The van der Waals surface area contributed by atoms with E-state index in [1.54, 1.807) is 0 Å². The van der Waals surface area contributed by atoms with Crippen molar-refractivity contribution >= 4 is 5.69 Å². The van der Waals surface area contributed by atoms with Crippen molar-refractivity contribution in [1.82, 2.24) is 20.2 Å². The first-order valence-electron chi connectivity index (χ1n) is 7.26. The summed E-state index contributed by atoms with van der Waals surface area (Å²) in [6, 6.07) is 5.99. The van der Waals surface area contributed by atoms with Crippen molar-refractivity contribution in [2.75, 3.05) is 5.73 Å². The first-order valence-corrected chi connectivity index (χ1v) is 7.26. The molecule has 106 valence electrons. The van der Waals surface area contributed by atoms with Crippen LogP contribution < -0.4 is 5.73 Å². The van der Waals surface area contributed by atoms with Crippen LogP contribution in [-0.2, 0) is 6.54 Å². The van der Waals surface area contributed by atoms with Gasteiger partial charge in [-0.3, -0.25) is 0 Å². The molecule has 1 aromatic carbocycles. The molecule has 0 aliphatic heterocycles. The van der Waals surface area contributed by atoms with Crippen molar-refractivity contribution in [1.29, 1.82) is 0 Å². The van der Waals surface area contributed by atoms with Gasteiger partial charge in [-0.1, -0.05) is 25.5 Å². The summed E-state index contributed by atoms with van der Waals surface area (Å²) in [5.74, 6) is 2.29. The number of nitrogens with two attached hydrogens (primary N) is 1. The minimum atomic E-state index is 0.679. The zero-order valence-electron chi connectivity index (χ0n) is 12.1. The van der Waals surface area contributed by atoms with Crippen LogP contribution in [0.2, 0.25) is 0 Å². The first kappa shape index (κ1) is 13.1. The predicted octanol–water partition coefficient (Wildman–Crippen LogP) is 2.67. The highest BCUT2D eigenvalue weighted by Gasteiger charge is 2.23. The van der Waals surface area contributed by atoms with Crippen LogP contribution in [0.4, 0.5) is 5.69 Å². The van der Waals surface area contributed by atoms with Crippen LogP contribution in [0.5, 0.6) is 0 Å². The van der Waals surface area contributed by atoms with Gasteiger partial charge >= 0.3 is 0 Å². The Morgan fingerprint density at radius 2 is 2.20 bits per heavy atom. The van der Waals surface area contributed by atoms with Crippen molar-refractivity contribution in [3.05, 3.63) is 23.8 Å². The Balaban J connectivity index is 1.88. The standard InChI is InChI=1S/C15H21N5/c1-10-6-7-12(8-10)9-20-15(17-18-19-20)13-5-3-4-11(2)14(13)16/h3-5,10,12H,6-9,16H2,1-2H3. The number of nitrogen functional groups attached to an aromatic ring is 1. The van der Waals surface area contributed by atoms with E-state index in [1.807, 2.05) is 29.8 Å². The molecule has 1 aliphatic carbocycles. The Bertz CT molecular complexity index is 604. The first-order chi connectivity index (χ1) is 9.65. The Morgan fingerprint density at radius 1 is 1.35 bits per heavy atom. The number of aryl methyl sites for hydroxylation is 1. The minimum absolute atomic E-state index is 0.679. The van der Waals surface area contributed by atoms with E-state index in [1.165, 1.54) is 19.3 Å². The lowest BCUT2D eigenvalue weighted by Gasteiger charge is -2.12. The summed E-state index contributed by atoms with van der Waals surface area (Å²) in [6.07, 6.45) is 3.85. The molecular weight excluding hydrogens is 250 g/mol. The Kier molecular flexibility index (Phi) is 3.42. The molecule has 2 N–H and O–H groups in total. The number of hydrogen-bond acceptors (Lipinski definition) is 4. The van der Waals surface area contributed by atoms with Gasteiger partial charge in [0.1, 0.15) is 0 Å². The lowest BCUT2D eigenvalue weighted by molar-refractivity contribution is 0.412. The summed E-state index contributed by atoms with van der Waals surface area (Å²) in [5, 5.41) is 12.2. The van der Waals surface area contributed by atoms with Gasteiger partial charge in [0.25, 0.3) is 0 Å². The molecule has 2 unspecified atom stereocenters. The fourth-order valence-corrected chi connectivity index (χ4v) is 3.13. The van der Waals surface area contributed by atoms with Gasteiger partial charge < -0.3 is 5.73 Å². The molecule has 1 fully saturated rings. The maximum atomic E-state index is 6.16. The molecule has 1 aliphatic rings. The minimum Gasteiger partial charge on any atom is -0.398 e. The van der Waals surface area contributed by atoms with E-state index in [-0.39, 0.29) is 0 Å². The number of para-hydroxylation sites is 1. The molecule has 5 nitrogen and oxygen atoms in total. The van der Waals surface area contributed by atoms with Gasteiger partial charge in [-0.25, -0.2) is 4.68 Å². The van der Waals surface area contributed by atoms with Gasteiger partial charge in [-0.05, 0) is 53.7 Å². The maximum Gasteiger partial charge on any atom is 0.184 e. The summed E-state index contributed by atoms with van der Waals surface area (Å²) >= 11 is 0. The van der Waals surface area contributed by atoms with Crippen LogP contribution in [0.3, 0.4) is 0 Å². The number of aromatic nitrogens is 4. The molecule has 0 amide bonds. The van der Waals surface area contributed by atoms with Crippen molar-refractivity contribution in [2.24, 2.45) is 11.8 Å². The van der Waals surface area contributed by atoms with Gasteiger partial charge in [-0.15, -0.1) is 5.10 Å². The van der Waals surface area contributed by atoms with Crippen LogP contribution in [0.25, 0.3) is 11.4 Å². The van der Waals surface area contributed by atoms with Gasteiger partial charge in [0.2, 0.25) is 0 Å². The quantitative estimate of drug-likeness (QED) is 0.871. The smallest absolute Gasteiger partial charge is 0.184 e. The zero-order valence-corrected chi connectivity index (χ0v) is 12.1. The fraction of sp³-hybridized carbons (Fsp3) is 0.533. The third kappa shape index (κ3) is 2.40. The van der Waals surface area contributed by atoms with E-state index in [9.17, 15) is 0 Å². The van der Waals surface area contributed by atoms with Gasteiger partial charge in [-0.2, -0.15) is 0 Å². The SMILES string of the molecule is Cc1cccc(-c2nnnn2CC2CCC(C)C2)c1N. The van der Waals surface area contributed by atoms with Crippen molar-refractivity contribution < 1.29 is 0 Å². The Hall–Kier alpha value is -1.91. The highest BCUT2D eigenvalue weighted by Crippen LogP contribution is 2.33. The number of rotatable bonds is 3. The summed E-state index contributed by atoms with van der Waals surface area (Å²) in [6.45, 7) is 5.21. The number of hydrogen-bond donors (Lipinski definition) is 1. The second kappa shape index (κ2) is 5.23. The lowest BCUT2D eigenvalue weighted by atomic mass is 10.1. The van der Waals surface area contributed by atoms with Crippen LogP contribution in [0.1, 0.15) is 31.7 Å². The highest BCUT2D eigenvalue weighted by atomic mass is 15.5. The highest BCUT2D eigenvalue weighted by molar-refractivity contribution is 5.73. The second-order valence-corrected chi connectivity index (χ2v) is 6.00. The zero-order chi connectivity index (χ0) is 14.1. The Morgan fingerprint density at radius 3 is 2.95 bits per heavy atom. The largest absolute Gasteiger partial charge is 0.398 e. The van der Waals surface area contributed by atoms with Crippen LogP contribution in [-0.4, -0.2) is 20.2 Å². The van der Waals surface area contributed by atoms with Gasteiger partial charge in [0.05, 0.1) is 0 Å². The molecule has 3 rings (SSSR count). The average molecular weight is 271 g/mol. The predicted molar refractivity (Wildman–Crippen MR) is 78.9 cm³/mol. The second-order valence-electron chi connectivity index (χ2n) is 6.00. The normalized spacial score (nSPS) is 22.3. The average Bonchev–Trinajstić information content (AvgIpc) is 3.03. The molecule has 1 aromatic heterocycles. The summed E-state index contributed by atoms with van der Waals surface area (Å²) < 4.78 is 1.91. The van der Waals surface area contributed by atoms with E-state index in [0.717, 1.165) is 35.1 Å². The van der Waals surface area contributed by atoms with Crippen LogP contribution in [0, 0.1) is 18.8 Å². The van der Waals surface area contributed by atoms with Gasteiger partial charge in [0, 0.05) is 17.8 Å². The van der Waals surface area contributed by atoms with Gasteiger partial charge in [0.15, 0.2) is 5.82 Å². The molecular formula is C15H21N5. The summed E-state index contributed by atoms with van der Waals surface area (Å²) in [4.78, 5) is 0. The number of anilines is 1. The van der Waals surface area contributed by atoms with E-state index in [2.05, 4.69) is 22.4 Å². The van der Waals surface area contributed by atoms with E-state index < -0.39 is 0 Å². The monoisotopic (exact) mass is 271 g/mol. The number of tetrazole rings is 1. The van der Waals surface area contributed by atoms with Crippen LogP contribution >= 0.6 is 0 Å². The lowest BCUT2D eigenvalue weighted by Crippen LogP contribution is -2.11. The molecule has 0 radical (unpaired) electrons. The number of nitrogens with zero attached hydrogens (tertiary/aromatic N) is 4. The van der Waals surface area contributed by atoms with E-state index in [0.29, 0.717) is 5.92 Å². The maximum absolute atomic E-state index is 6.16. The molecule has 2 aromatic rings. The summed E-state index contributed by atoms with van der Waals surface area (Å²) in [7, 11) is 0. The third-order valence-electron chi connectivity index (χ3n) is 4.33. The van der Waals surface area contributed by atoms with Crippen molar-refractivity contribution in [3.63, 3.8) is 0 Å². The van der Waals surface area contributed by atoms with Crippen molar-refractivity contribution in [3.8, 4) is 11.4 Å². The molecule has 1 saturated carbocycles. The molecule has 5 heteroatoms. The molecule has 2 atom stereocenters. The molecule has 20 heavy (non-hydrogen) atoms. The van der Waals surface area contributed by atoms with Crippen LogP contribution in [0.15, 0.2) is 18.2 Å². The van der Waals surface area contributed by atoms with Crippen molar-refractivity contribution in [2.45, 2.75) is 39.7 Å². The fourth-order valence-electron chi connectivity index (χ4n) is 3.13. The Labute approximate surface area is 119 Å². The van der Waals surface area contributed by atoms with E-state index in [4.69, 9.17) is 5.73 Å². The number of benzene rings is 1. The van der Waals surface area contributed by atoms with E-state index >= 15 is 0 Å². The molecule has 1 heterocycles. The summed E-state index contributed by atoms with van der Waals surface area (Å²) in [5.41, 5.74) is 8.92. The third-order valence-corrected chi connectivity index (χ3v) is 4.33.